The molecule has 3 atom stereocenters. The van der Waals surface area contributed by atoms with Crippen LogP contribution < -0.4 is 10.1 Å². The fourth-order valence-electron chi connectivity index (χ4n) is 4.30. The lowest BCUT2D eigenvalue weighted by molar-refractivity contribution is 0.306. The summed E-state index contributed by atoms with van der Waals surface area (Å²) >= 11 is 0. The Balaban J connectivity index is 1.80. The minimum absolute atomic E-state index is 0.483. The van der Waals surface area contributed by atoms with Crippen molar-refractivity contribution in [1.82, 2.24) is 5.32 Å². The summed E-state index contributed by atoms with van der Waals surface area (Å²) in [5.74, 6) is 3.84. The molecule has 0 heterocycles. The molecule has 3 rings (SSSR count). The fourth-order valence-corrected chi connectivity index (χ4v) is 4.30. The number of benzene rings is 1. The molecular formula is C19H29NO. The van der Waals surface area contributed by atoms with Gasteiger partial charge in [-0.2, -0.15) is 0 Å². The average Bonchev–Trinajstić information content (AvgIpc) is 3.25. The van der Waals surface area contributed by atoms with Crippen LogP contribution in [-0.2, 0) is 0 Å². The molecule has 2 fully saturated rings. The summed E-state index contributed by atoms with van der Waals surface area (Å²) in [4.78, 5) is 0. The van der Waals surface area contributed by atoms with Crippen molar-refractivity contribution in [2.75, 3.05) is 13.2 Å². The van der Waals surface area contributed by atoms with Crippen LogP contribution in [0, 0.1) is 17.8 Å². The van der Waals surface area contributed by atoms with Crippen LogP contribution in [0.1, 0.15) is 57.6 Å². The van der Waals surface area contributed by atoms with E-state index < -0.39 is 0 Å². The van der Waals surface area contributed by atoms with Gasteiger partial charge in [-0.1, -0.05) is 44.9 Å². The van der Waals surface area contributed by atoms with E-state index >= 15 is 0 Å². The van der Waals surface area contributed by atoms with Crippen molar-refractivity contribution in [1.29, 1.82) is 0 Å². The van der Waals surface area contributed by atoms with Gasteiger partial charge in [0.15, 0.2) is 0 Å². The Hall–Kier alpha value is -1.02. The second kappa shape index (κ2) is 6.83. The van der Waals surface area contributed by atoms with E-state index in [9.17, 15) is 0 Å². The molecule has 1 aromatic carbocycles. The molecule has 2 nitrogen and oxygen atoms in total. The SMILES string of the molecule is CCCOc1ccccc1C(NCC)C1C2CCCCC21. The molecule has 1 N–H and O–H groups in total. The standard InChI is InChI=1S/C19H29NO/c1-3-13-21-17-12-8-7-11-16(17)19(20-4-2)18-14-9-5-6-10-15(14)18/h7-8,11-12,14-15,18-20H,3-6,9-10,13H2,1-2H3. The van der Waals surface area contributed by atoms with Gasteiger partial charge in [0, 0.05) is 11.6 Å². The maximum Gasteiger partial charge on any atom is 0.124 e. The van der Waals surface area contributed by atoms with Crippen LogP contribution in [0.4, 0.5) is 0 Å². The molecule has 2 heteroatoms. The van der Waals surface area contributed by atoms with Gasteiger partial charge in [-0.25, -0.2) is 0 Å². The topological polar surface area (TPSA) is 21.3 Å². The van der Waals surface area contributed by atoms with Gasteiger partial charge in [0.25, 0.3) is 0 Å². The summed E-state index contributed by atoms with van der Waals surface area (Å²) in [5.41, 5.74) is 1.38. The first-order valence-corrected chi connectivity index (χ1v) is 8.82. The van der Waals surface area contributed by atoms with E-state index in [-0.39, 0.29) is 0 Å². The minimum atomic E-state index is 0.483. The van der Waals surface area contributed by atoms with Gasteiger partial charge in [0.05, 0.1) is 6.61 Å². The van der Waals surface area contributed by atoms with Crippen molar-refractivity contribution in [3.05, 3.63) is 29.8 Å². The van der Waals surface area contributed by atoms with E-state index in [1.54, 1.807) is 0 Å². The van der Waals surface area contributed by atoms with Crippen molar-refractivity contribution >= 4 is 0 Å². The molecule has 0 aliphatic heterocycles. The molecule has 2 aliphatic carbocycles. The van der Waals surface area contributed by atoms with E-state index in [0.29, 0.717) is 6.04 Å². The third kappa shape index (κ3) is 3.11. The van der Waals surface area contributed by atoms with Crippen LogP contribution in [0.2, 0.25) is 0 Å². The van der Waals surface area contributed by atoms with Crippen molar-refractivity contribution in [3.8, 4) is 5.75 Å². The number of ether oxygens (including phenoxy) is 1. The predicted molar refractivity (Wildman–Crippen MR) is 87.6 cm³/mol. The van der Waals surface area contributed by atoms with Gasteiger partial charge in [-0.3, -0.25) is 0 Å². The molecule has 116 valence electrons. The van der Waals surface area contributed by atoms with Gasteiger partial charge in [0.2, 0.25) is 0 Å². The van der Waals surface area contributed by atoms with E-state index in [1.807, 2.05) is 0 Å². The summed E-state index contributed by atoms with van der Waals surface area (Å²) in [6.45, 7) is 6.23. The van der Waals surface area contributed by atoms with Gasteiger partial charge in [0.1, 0.15) is 5.75 Å². The maximum atomic E-state index is 6.00. The van der Waals surface area contributed by atoms with Crippen molar-refractivity contribution < 1.29 is 4.74 Å². The van der Waals surface area contributed by atoms with Crippen LogP contribution in [0.5, 0.6) is 5.75 Å². The van der Waals surface area contributed by atoms with Gasteiger partial charge < -0.3 is 10.1 Å². The Morgan fingerprint density at radius 2 is 1.86 bits per heavy atom. The fraction of sp³-hybridized carbons (Fsp3) is 0.684. The minimum Gasteiger partial charge on any atom is -0.493 e. The lowest BCUT2D eigenvalue weighted by Gasteiger charge is -2.22. The van der Waals surface area contributed by atoms with E-state index in [1.165, 1.54) is 31.2 Å². The Morgan fingerprint density at radius 1 is 1.14 bits per heavy atom. The lowest BCUT2D eigenvalue weighted by Crippen LogP contribution is -2.24. The predicted octanol–water partition coefficient (Wildman–Crippen LogP) is 4.56. The molecule has 2 saturated carbocycles. The third-order valence-electron chi connectivity index (χ3n) is 5.25. The molecule has 1 aromatic rings. The quantitative estimate of drug-likeness (QED) is 0.793. The van der Waals surface area contributed by atoms with Crippen LogP contribution >= 0.6 is 0 Å². The van der Waals surface area contributed by atoms with Crippen LogP contribution in [-0.4, -0.2) is 13.2 Å². The molecule has 0 aromatic heterocycles. The lowest BCUT2D eigenvalue weighted by atomic mass is 9.98. The van der Waals surface area contributed by atoms with Gasteiger partial charge in [-0.05, 0) is 49.6 Å². The second-order valence-corrected chi connectivity index (χ2v) is 6.61. The Bertz CT molecular complexity index is 447. The molecule has 0 spiro atoms. The Labute approximate surface area is 129 Å². The number of para-hydroxylation sites is 1. The van der Waals surface area contributed by atoms with Gasteiger partial charge >= 0.3 is 0 Å². The molecule has 21 heavy (non-hydrogen) atoms. The zero-order chi connectivity index (χ0) is 14.7. The van der Waals surface area contributed by atoms with Crippen LogP contribution in [0.3, 0.4) is 0 Å². The number of rotatable bonds is 7. The first kappa shape index (κ1) is 14.9. The van der Waals surface area contributed by atoms with Gasteiger partial charge in [-0.15, -0.1) is 0 Å². The van der Waals surface area contributed by atoms with Crippen LogP contribution in [0.15, 0.2) is 24.3 Å². The molecule has 2 aliphatic rings. The normalized spacial score (nSPS) is 28.8. The zero-order valence-electron chi connectivity index (χ0n) is 13.5. The van der Waals surface area contributed by atoms with E-state index in [0.717, 1.165) is 43.1 Å². The Morgan fingerprint density at radius 3 is 2.52 bits per heavy atom. The highest BCUT2D eigenvalue weighted by Crippen LogP contribution is 2.60. The maximum absolute atomic E-state index is 6.00. The first-order valence-electron chi connectivity index (χ1n) is 8.82. The first-order chi connectivity index (χ1) is 10.4. The zero-order valence-corrected chi connectivity index (χ0v) is 13.5. The van der Waals surface area contributed by atoms with E-state index in [2.05, 4.69) is 43.4 Å². The summed E-state index contributed by atoms with van der Waals surface area (Å²) in [5, 5.41) is 3.75. The smallest absolute Gasteiger partial charge is 0.124 e. The van der Waals surface area contributed by atoms with Crippen molar-refractivity contribution in [2.24, 2.45) is 17.8 Å². The number of fused-ring (bicyclic) bond motifs is 1. The Kier molecular flexibility index (Phi) is 4.84. The van der Waals surface area contributed by atoms with Crippen molar-refractivity contribution in [2.45, 2.75) is 52.0 Å². The summed E-state index contributed by atoms with van der Waals surface area (Å²) < 4.78 is 6.00. The highest BCUT2D eigenvalue weighted by molar-refractivity contribution is 5.37. The van der Waals surface area contributed by atoms with E-state index in [4.69, 9.17) is 4.74 Å². The summed E-state index contributed by atoms with van der Waals surface area (Å²) in [6, 6.07) is 9.14. The highest BCUT2D eigenvalue weighted by Gasteiger charge is 2.54. The number of nitrogens with one attached hydrogen (secondary N) is 1. The van der Waals surface area contributed by atoms with Crippen LogP contribution in [0.25, 0.3) is 0 Å². The molecule has 3 unspecified atom stereocenters. The monoisotopic (exact) mass is 287 g/mol. The average molecular weight is 287 g/mol. The second-order valence-electron chi connectivity index (χ2n) is 6.61. The molecular weight excluding hydrogens is 258 g/mol. The molecule has 0 radical (unpaired) electrons. The summed E-state index contributed by atoms with van der Waals surface area (Å²) in [6.07, 6.45) is 6.81. The third-order valence-corrected chi connectivity index (χ3v) is 5.25. The largest absolute Gasteiger partial charge is 0.493 e. The summed E-state index contributed by atoms with van der Waals surface area (Å²) in [7, 11) is 0. The number of hydrogen-bond acceptors (Lipinski definition) is 2. The molecule has 0 amide bonds. The van der Waals surface area contributed by atoms with Crippen molar-refractivity contribution in [3.63, 3.8) is 0 Å². The molecule has 0 bridgehead atoms. The molecule has 0 saturated heterocycles. The highest BCUT2D eigenvalue weighted by atomic mass is 16.5. The number of hydrogen-bond donors (Lipinski definition) is 1.